The fourth-order valence-electron chi connectivity index (χ4n) is 2.69. The van der Waals surface area contributed by atoms with Gasteiger partial charge in [-0.15, -0.1) is 23.4 Å². The van der Waals surface area contributed by atoms with Gasteiger partial charge in [0.05, 0.1) is 11.9 Å². The van der Waals surface area contributed by atoms with E-state index in [4.69, 9.17) is 0 Å². The van der Waals surface area contributed by atoms with Crippen molar-refractivity contribution in [3.8, 4) is 5.75 Å². The molecule has 3 rings (SSSR count). The SMILES string of the molecule is Cc1cn(CCCCn2cc(C(=O)NCc3cccc(OC(F)(F)F)c3)nn2)nn1. The minimum Gasteiger partial charge on any atom is -0.406 e. The molecule has 9 nitrogen and oxygen atoms in total. The topological polar surface area (TPSA) is 99.8 Å². The zero-order valence-electron chi connectivity index (χ0n) is 16.1. The molecule has 0 aliphatic rings. The lowest BCUT2D eigenvalue weighted by atomic mass is 10.2. The minimum absolute atomic E-state index is 0.0259. The van der Waals surface area contributed by atoms with Gasteiger partial charge < -0.3 is 10.1 Å². The zero-order chi connectivity index (χ0) is 21.6. The van der Waals surface area contributed by atoms with Gasteiger partial charge in [-0.05, 0) is 37.5 Å². The monoisotopic (exact) mass is 423 g/mol. The molecule has 0 saturated carbocycles. The zero-order valence-corrected chi connectivity index (χ0v) is 16.1. The van der Waals surface area contributed by atoms with E-state index < -0.39 is 12.3 Å². The predicted octanol–water partition coefficient (Wildman–Crippen LogP) is 2.49. The number of nitrogens with one attached hydrogen (secondary N) is 1. The van der Waals surface area contributed by atoms with Crippen molar-refractivity contribution in [3.63, 3.8) is 0 Å². The maximum atomic E-state index is 12.3. The molecular formula is C18H20F3N7O2. The second-order valence-corrected chi connectivity index (χ2v) is 6.57. The van der Waals surface area contributed by atoms with Crippen molar-refractivity contribution in [1.29, 1.82) is 0 Å². The number of carbonyl (C=O) groups excluding carboxylic acids is 1. The van der Waals surface area contributed by atoms with Crippen LogP contribution in [0.3, 0.4) is 0 Å². The largest absolute Gasteiger partial charge is 0.573 e. The van der Waals surface area contributed by atoms with Gasteiger partial charge in [0.15, 0.2) is 5.69 Å². The Labute approximate surface area is 169 Å². The number of aromatic nitrogens is 6. The van der Waals surface area contributed by atoms with Crippen molar-refractivity contribution in [3.05, 3.63) is 53.6 Å². The fraction of sp³-hybridized carbons (Fsp3) is 0.389. The molecule has 0 saturated heterocycles. The summed E-state index contributed by atoms with van der Waals surface area (Å²) in [6.07, 6.45) is 0.297. The highest BCUT2D eigenvalue weighted by atomic mass is 19.4. The Morgan fingerprint density at radius 2 is 1.80 bits per heavy atom. The number of alkyl halides is 3. The molecule has 0 fully saturated rings. The number of unbranched alkanes of at least 4 members (excludes halogenated alkanes) is 1. The second kappa shape index (κ2) is 9.37. The summed E-state index contributed by atoms with van der Waals surface area (Å²) < 4.78 is 44.1. The number of hydrogen-bond acceptors (Lipinski definition) is 6. The third kappa shape index (κ3) is 6.57. The predicted molar refractivity (Wildman–Crippen MR) is 98.3 cm³/mol. The van der Waals surface area contributed by atoms with E-state index in [1.165, 1.54) is 24.4 Å². The first-order valence-electron chi connectivity index (χ1n) is 9.18. The Morgan fingerprint density at radius 1 is 1.10 bits per heavy atom. The highest BCUT2D eigenvalue weighted by molar-refractivity contribution is 5.91. The maximum Gasteiger partial charge on any atom is 0.573 e. The lowest BCUT2D eigenvalue weighted by Gasteiger charge is -2.10. The number of benzene rings is 1. The van der Waals surface area contributed by atoms with Gasteiger partial charge >= 0.3 is 6.36 Å². The van der Waals surface area contributed by atoms with Crippen molar-refractivity contribution in [2.45, 2.75) is 45.8 Å². The Hall–Kier alpha value is -3.44. The number of aryl methyl sites for hydroxylation is 3. The number of ether oxygens (including phenoxy) is 1. The van der Waals surface area contributed by atoms with E-state index in [-0.39, 0.29) is 18.0 Å². The van der Waals surface area contributed by atoms with Crippen LogP contribution in [-0.4, -0.2) is 42.3 Å². The standard InChI is InChI=1S/C18H20F3N7O2/c1-13-11-27(25-23-13)7-2-3-8-28-12-16(24-26-28)17(29)22-10-14-5-4-6-15(9-14)30-18(19,20)21/h4-6,9,11-12H,2-3,7-8,10H2,1H3,(H,22,29). The van der Waals surface area contributed by atoms with E-state index in [0.717, 1.165) is 25.1 Å². The molecule has 0 bridgehead atoms. The van der Waals surface area contributed by atoms with Gasteiger partial charge in [-0.3, -0.25) is 14.2 Å². The van der Waals surface area contributed by atoms with Crippen LogP contribution >= 0.6 is 0 Å². The quantitative estimate of drug-likeness (QED) is 0.531. The van der Waals surface area contributed by atoms with Crippen LogP contribution in [-0.2, 0) is 19.6 Å². The molecule has 12 heteroatoms. The number of carbonyl (C=O) groups is 1. The molecule has 1 N–H and O–H groups in total. The molecule has 1 amide bonds. The molecule has 1 aromatic carbocycles. The third-order valence-corrected chi connectivity index (χ3v) is 4.03. The molecule has 0 radical (unpaired) electrons. The van der Waals surface area contributed by atoms with Crippen molar-refractivity contribution >= 4 is 5.91 Å². The van der Waals surface area contributed by atoms with E-state index in [2.05, 4.69) is 30.7 Å². The number of rotatable bonds is 9. The van der Waals surface area contributed by atoms with E-state index in [1.807, 2.05) is 13.1 Å². The van der Waals surface area contributed by atoms with Crippen LogP contribution in [0.25, 0.3) is 0 Å². The Balaban J connectivity index is 1.44. The molecule has 0 spiro atoms. The molecule has 2 heterocycles. The molecule has 2 aromatic heterocycles. The highest BCUT2D eigenvalue weighted by Crippen LogP contribution is 2.23. The van der Waals surface area contributed by atoms with Gasteiger partial charge in [-0.2, -0.15) is 0 Å². The van der Waals surface area contributed by atoms with Crippen LogP contribution in [0, 0.1) is 6.92 Å². The van der Waals surface area contributed by atoms with E-state index in [1.54, 1.807) is 15.4 Å². The van der Waals surface area contributed by atoms with E-state index in [9.17, 15) is 18.0 Å². The summed E-state index contributed by atoms with van der Waals surface area (Å²) in [4.78, 5) is 12.2. The van der Waals surface area contributed by atoms with Gasteiger partial charge in [0, 0.05) is 25.8 Å². The average Bonchev–Trinajstić information content (AvgIpc) is 3.31. The number of amides is 1. The molecule has 3 aromatic rings. The molecule has 0 unspecified atom stereocenters. The van der Waals surface area contributed by atoms with Gasteiger partial charge in [0.2, 0.25) is 0 Å². The van der Waals surface area contributed by atoms with Crippen LogP contribution in [0.1, 0.15) is 34.6 Å². The van der Waals surface area contributed by atoms with E-state index in [0.29, 0.717) is 12.1 Å². The molecule has 0 aliphatic heterocycles. The van der Waals surface area contributed by atoms with Crippen LogP contribution < -0.4 is 10.1 Å². The van der Waals surface area contributed by atoms with Crippen LogP contribution in [0.15, 0.2) is 36.7 Å². The first-order valence-corrected chi connectivity index (χ1v) is 9.18. The van der Waals surface area contributed by atoms with Crippen molar-refractivity contribution in [2.24, 2.45) is 0 Å². The van der Waals surface area contributed by atoms with Crippen LogP contribution in [0.2, 0.25) is 0 Å². The Bertz CT molecular complexity index is 984. The van der Waals surface area contributed by atoms with Gasteiger partial charge in [0.25, 0.3) is 5.91 Å². The molecule has 0 atom stereocenters. The summed E-state index contributed by atoms with van der Waals surface area (Å²) in [6.45, 7) is 3.22. The Morgan fingerprint density at radius 3 is 2.47 bits per heavy atom. The summed E-state index contributed by atoms with van der Waals surface area (Å²) in [6, 6.07) is 5.39. The summed E-state index contributed by atoms with van der Waals surface area (Å²) in [7, 11) is 0. The van der Waals surface area contributed by atoms with Gasteiger partial charge in [-0.1, -0.05) is 22.6 Å². The van der Waals surface area contributed by atoms with Crippen molar-refractivity contribution in [2.75, 3.05) is 0 Å². The van der Waals surface area contributed by atoms with E-state index >= 15 is 0 Å². The summed E-state index contributed by atoms with van der Waals surface area (Å²) in [5, 5.41) is 18.2. The fourth-order valence-corrected chi connectivity index (χ4v) is 2.69. The number of hydrogen-bond donors (Lipinski definition) is 1. The molecule has 30 heavy (non-hydrogen) atoms. The van der Waals surface area contributed by atoms with Gasteiger partial charge in [0.1, 0.15) is 5.75 Å². The number of nitrogens with zero attached hydrogens (tertiary/aromatic N) is 6. The molecule has 160 valence electrons. The first kappa shape index (κ1) is 21.3. The van der Waals surface area contributed by atoms with Crippen LogP contribution in [0.4, 0.5) is 13.2 Å². The van der Waals surface area contributed by atoms with Gasteiger partial charge in [-0.25, -0.2) is 0 Å². The summed E-state index contributed by atoms with van der Waals surface area (Å²) in [5.41, 5.74) is 1.45. The summed E-state index contributed by atoms with van der Waals surface area (Å²) in [5.74, 6) is -0.817. The smallest absolute Gasteiger partial charge is 0.406 e. The normalized spacial score (nSPS) is 11.5. The average molecular weight is 423 g/mol. The second-order valence-electron chi connectivity index (χ2n) is 6.57. The highest BCUT2D eigenvalue weighted by Gasteiger charge is 2.31. The molecular weight excluding hydrogens is 403 g/mol. The van der Waals surface area contributed by atoms with Crippen LogP contribution in [0.5, 0.6) is 5.75 Å². The first-order chi connectivity index (χ1) is 14.3. The number of halogens is 3. The molecule has 0 aliphatic carbocycles. The lowest BCUT2D eigenvalue weighted by Crippen LogP contribution is -2.23. The summed E-state index contributed by atoms with van der Waals surface area (Å²) >= 11 is 0. The maximum absolute atomic E-state index is 12.3. The van der Waals surface area contributed by atoms with Crippen molar-refractivity contribution in [1.82, 2.24) is 35.3 Å². The Kier molecular flexibility index (Phi) is 6.65. The third-order valence-electron chi connectivity index (χ3n) is 4.03. The lowest BCUT2D eigenvalue weighted by molar-refractivity contribution is -0.274. The van der Waals surface area contributed by atoms with Crippen molar-refractivity contribution < 1.29 is 22.7 Å². The minimum atomic E-state index is -4.77.